The van der Waals surface area contributed by atoms with E-state index >= 15 is 0 Å². The number of carbonyl (C=O) groups is 1. The summed E-state index contributed by atoms with van der Waals surface area (Å²) >= 11 is 1.70. The Morgan fingerprint density at radius 1 is 1.28 bits per heavy atom. The third-order valence-corrected chi connectivity index (χ3v) is 4.28. The third-order valence-electron chi connectivity index (χ3n) is 3.32. The van der Waals surface area contributed by atoms with Crippen LogP contribution in [0, 0.1) is 0 Å². The molecule has 1 aliphatic carbocycles. The van der Waals surface area contributed by atoms with Gasteiger partial charge in [0.15, 0.2) is 0 Å². The molecule has 1 aromatic heterocycles. The molecule has 1 unspecified atom stereocenters. The second-order valence-corrected chi connectivity index (χ2v) is 5.16. The Morgan fingerprint density at radius 3 is 2.83 bits per heavy atom. The number of hydrogen-bond acceptors (Lipinski definition) is 3. The summed E-state index contributed by atoms with van der Waals surface area (Å²) in [4.78, 5) is 13.0. The van der Waals surface area contributed by atoms with Crippen LogP contribution < -0.4 is 0 Å². The first-order valence-corrected chi connectivity index (χ1v) is 6.55. The molecule has 1 atom stereocenters. The Labute approximate surface area is 110 Å². The van der Waals surface area contributed by atoms with E-state index in [9.17, 15) is 4.79 Å². The van der Waals surface area contributed by atoms with Gasteiger partial charge >= 0.3 is 5.97 Å². The SMILES string of the molecule is C=C(C(=O)OC)C1c2ccccc2-c2sccc21. The fraction of sp³-hybridized carbons (Fsp3) is 0.133. The van der Waals surface area contributed by atoms with Crippen LogP contribution in [0.4, 0.5) is 0 Å². The van der Waals surface area contributed by atoms with E-state index in [0.717, 1.165) is 11.1 Å². The number of carbonyl (C=O) groups excluding carboxylic acids is 1. The molecule has 1 aliphatic rings. The van der Waals surface area contributed by atoms with Gasteiger partial charge in [-0.25, -0.2) is 4.79 Å². The Morgan fingerprint density at radius 2 is 2.06 bits per heavy atom. The molecule has 1 heterocycles. The van der Waals surface area contributed by atoms with Crippen LogP contribution in [0.1, 0.15) is 17.0 Å². The molecule has 0 bridgehead atoms. The Bertz CT molecular complexity index is 639. The van der Waals surface area contributed by atoms with Gasteiger partial charge in [-0.05, 0) is 28.1 Å². The van der Waals surface area contributed by atoms with Gasteiger partial charge in [-0.15, -0.1) is 11.3 Å². The Balaban J connectivity index is 2.17. The molecule has 0 saturated carbocycles. The van der Waals surface area contributed by atoms with Crippen molar-refractivity contribution in [2.75, 3.05) is 7.11 Å². The van der Waals surface area contributed by atoms with Crippen molar-refractivity contribution < 1.29 is 9.53 Å². The van der Waals surface area contributed by atoms with Crippen LogP contribution in [-0.4, -0.2) is 13.1 Å². The molecule has 0 fully saturated rings. The van der Waals surface area contributed by atoms with E-state index in [1.54, 1.807) is 11.3 Å². The van der Waals surface area contributed by atoms with Gasteiger partial charge in [0.05, 0.1) is 7.11 Å². The number of methoxy groups -OCH3 is 1. The van der Waals surface area contributed by atoms with Crippen LogP contribution >= 0.6 is 11.3 Å². The van der Waals surface area contributed by atoms with Crippen molar-refractivity contribution >= 4 is 17.3 Å². The summed E-state index contributed by atoms with van der Waals surface area (Å²) < 4.78 is 4.80. The fourth-order valence-corrected chi connectivity index (χ4v) is 3.50. The van der Waals surface area contributed by atoms with Gasteiger partial charge in [0.25, 0.3) is 0 Å². The highest BCUT2D eigenvalue weighted by Gasteiger charge is 2.33. The summed E-state index contributed by atoms with van der Waals surface area (Å²) in [5.41, 5.74) is 4.02. The first-order valence-electron chi connectivity index (χ1n) is 5.68. The van der Waals surface area contributed by atoms with Crippen molar-refractivity contribution in [3.63, 3.8) is 0 Å². The van der Waals surface area contributed by atoms with Gasteiger partial charge < -0.3 is 4.74 Å². The zero-order valence-electron chi connectivity index (χ0n) is 9.97. The zero-order chi connectivity index (χ0) is 12.7. The molecule has 90 valence electrons. The van der Waals surface area contributed by atoms with Gasteiger partial charge in [0.2, 0.25) is 0 Å². The van der Waals surface area contributed by atoms with E-state index in [1.165, 1.54) is 17.6 Å². The lowest BCUT2D eigenvalue weighted by Gasteiger charge is -2.13. The van der Waals surface area contributed by atoms with Crippen LogP contribution in [0.25, 0.3) is 10.4 Å². The van der Waals surface area contributed by atoms with Crippen LogP contribution in [-0.2, 0) is 9.53 Å². The smallest absolute Gasteiger partial charge is 0.334 e. The molecule has 3 heteroatoms. The fourth-order valence-electron chi connectivity index (χ4n) is 2.51. The van der Waals surface area contributed by atoms with E-state index in [4.69, 9.17) is 4.74 Å². The molecule has 1 aromatic carbocycles. The normalized spacial score (nSPS) is 15.9. The Kier molecular flexibility index (Phi) is 2.56. The molecule has 0 amide bonds. The average Bonchev–Trinajstić information content (AvgIpc) is 2.97. The molecule has 0 N–H and O–H groups in total. The van der Waals surface area contributed by atoms with E-state index in [1.807, 2.05) is 12.1 Å². The second kappa shape index (κ2) is 4.10. The van der Waals surface area contributed by atoms with Crippen molar-refractivity contribution in [3.05, 3.63) is 59.0 Å². The Hall–Kier alpha value is -1.87. The van der Waals surface area contributed by atoms with Crippen molar-refractivity contribution in [2.24, 2.45) is 0 Å². The van der Waals surface area contributed by atoms with Crippen molar-refractivity contribution in [1.29, 1.82) is 0 Å². The first kappa shape index (κ1) is 11.2. The van der Waals surface area contributed by atoms with Gasteiger partial charge in [-0.1, -0.05) is 30.8 Å². The van der Waals surface area contributed by atoms with Crippen LogP contribution in [0.15, 0.2) is 47.9 Å². The lowest BCUT2D eigenvalue weighted by molar-refractivity contribution is -0.136. The number of rotatable bonds is 2. The summed E-state index contributed by atoms with van der Waals surface area (Å²) in [5, 5.41) is 2.05. The molecule has 0 saturated heterocycles. The largest absolute Gasteiger partial charge is 0.466 e. The molecule has 3 rings (SSSR count). The van der Waals surface area contributed by atoms with Gasteiger partial charge in [0.1, 0.15) is 0 Å². The van der Waals surface area contributed by atoms with Crippen LogP contribution in [0.3, 0.4) is 0 Å². The standard InChI is InChI=1S/C15H12O2S/c1-9(15(16)17-2)13-10-5-3-4-6-11(10)14-12(13)7-8-18-14/h3-8,13H,1H2,2H3. The van der Waals surface area contributed by atoms with Gasteiger partial charge in [0, 0.05) is 16.4 Å². The van der Waals surface area contributed by atoms with Crippen molar-refractivity contribution in [2.45, 2.75) is 5.92 Å². The summed E-state index contributed by atoms with van der Waals surface area (Å²) in [6.07, 6.45) is 0. The van der Waals surface area contributed by atoms with Crippen molar-refractivity contribution in [3.8, 4) is 10.4 Å². The summed E-state index contributed by atoms with van der Waals surface area (Å²) in [7, 11) is 1.39. The minimum absolute atomic E-state index is 0.0603. The van der Waals surface area contributed by atoms with Crippen molar-refractivity contribution in [1.82, 2.24) is 0 Å². The molecule has 0 spiro atoms. The van der Waals surface area contributed by atoms with Gasteiger partial charge in [-0.2, -0.15) is 0 Å². The predicted octanol–water partition coefficient (Wildman–Crippen LogP) is 3.59. The summed E-state index contributed by atoms with van der Waals surface area (Å²) in [6, 6.07) is 10.2. The van der Waals surface area contributed by atoms with Crippen LogP contribution in [0.5, 0.6) is 0 Å². The molecular weight excluding hydrogens is 244 g/mol. The maximum Gasteiger partial charge on any atom is 0.334 e. The average molecular weight is 256 g/mol. The van der Waals surface area contributed by atoms with E-state index in [0.29, 0.717) is 5.57 Å². The minimum Gasteiger partial charge on any atom is -0.466 e. The van der Waals surface area contributed by atoms with E-state index in [-0.39, 0.29) is 11.9 Å². The highest BCUT2D eigenvalue weighted by molar-refractivity contribution is 7.13. The number of esters is 1. The molecule has 2 nitrogen and oxygen atoms in total. The number of hydrogen-bond donors (Lipinski definition) is 0. The first-order chi connectivity index (χ1) is 8.74. The zero-order valence-corrected chi connectivity index (χ0v) is 10.8. The lowest BCUT2D eigenvalue weighted by Crippen LogP contribution is -2.11. The molecule has 18 heavy (non-hydrogen) atoms. The highest BCUT2D eigenvalue weighted by Crippen LogP contribution is 2.50. The summed E-state index contributed by atoms with van der Waals surface area (Å²) in [5.74, 6) is -0.399. The number of benzene rings is 1. The minimum atomic E-state index is -0.339. The summed E-state index contributed by atoms with van der Waals surface area (Å²) in [6.45, 7) is 3.91. The number of fused-ring (bicyclic) bond motifs is 3. The number of ether oxygens (including phenoxy) is 1. The third kappa shape index (κ3) is 1.44. The molecular formula is C15H12O2S. The highest BCUT2D eigenvalue weighted by atomic mass is 32.1. The quantitative estimate of drug-likeness (QED) is 0.606. The van der Waals surface area contributed by atoms with E-state index < -0.39 is 0 Å². The monoisotopic (exact) mass is 256 g/mol. The molecule has 2 aromatic rings. The van der Waals surface area contributed by atoms with Crippen LogP contribution in [0.2, 0.25) is 0 Å². The number of thiophene rings is 1. The maximum atomic E-state index is 11.7. The predicted molar refractivity (Wildman–Crippen MR) is 72.8 cm³/mol. The second-order valence-electron chi connectivity index (χ2n) is 4.24. The van der Waals surface area contributed by atoms with Gasteiger partial charge in [-0.3, -0.25) is 0 Å². The van der Waals surface area contributed by atoms with E-state index in [2.05, 4.69) is 30.2 Å². The molecule has 0 aliphatic heterocycles. The molecule has 0 radical (unpaired) electrons. The lowest BCUT2D eigenvalue weighted by atomic mass is 9.91. The maximum absolute atomic E-state index is 11.7. The topological polar surface area (TPSA) is 26.3 Å².